The summed E-state index contributed by atoms with van der Waals surface area (Å²) in [5.41, 5.74) is 2.79. The molecule has 0 spiro atoms. The highest BCUT2D eigenvalue weighted by molar-refractivity contribution is 6.34. The first-order valence-corrected chi connectivity index (χ1v) is 10.8. The summed E-state index contributed by atoms with van der Waals surface area (Å²) in [6, 6.07) is 10.2. The molecule has 4 rings (SSSR count). The summed E-state index contributed by atoms with van der Waals surface area (Å²) in [5, 5.41) is 3.06. The van der Waals surface area contributed by atoms with E-state index in [1.54, 1.807) is 18.1 Å². The van der Waals surface area contributed by atoms with Crippen molar-refractivity contribution in [3.8, 4) is 0 Å². The molecule has 0 radical (unpaired) electrons. The lowest BCUT2D eigenvalue weighted by molar-refractivity contribution is 0.0713. The van der Waals surface area contributed by atoms with E-state index in [9.17, 15) is 14.0 Å². The van der Waals surface area contributed by atoms with Gasteiger partial charge >= 0.3 is 0 Å². The van der Waals surface area contributed by atoms with Gasteiger partial charge in [0.25, 0.3) is 11.5 Å². The Labute approximate surface area is 190 Å². The second-order valence-corrected chi connectivity index (χ2v) is 8.46. The summed E-state index contributed by atoms with van der Waals surface area (Å²) in [5.74, 6) is -0.168. The van der Waals surface area contributed by atoms with Crippen molar-refractivity contribution in [1.29, 1.82) is 0 Å². The van der Waals surface area contributed by atoms with E-state index >= 15 is 0 Å². The normalized spacial score (nSPS) is 14.4. The third kappa shape index (κ3) is 4.53. The molecule has 0 unspecified atom stereocenters. The highest BCUT2D eigenvalue weighted by Crippen LogP contribution is 2.31. The maximum absolute atomic E-state index is 13.4. The van der Waals surface area contributed by atoms with Crippen molar-refractivity contribution in [1.82, 2.24) is 14.5 Å². The largest absolute Gasteiger partial charge is 0.352 e. The number of pyridine rings is 2. The van der Waals surface area contributed by atoms with Gasteiger partial charge in [0.2, 0.25) is 0 Å². The Morgan fingerprint density at radius 3 is 2.47 bits per heavy atom. The monoisotopic (exact) mass is 454 g/mol. The van der Waals surface area contributed by atoms with Crippen molar-refractivity contribution >= 4 is 28.9 Å². The van der Waals surface area contributed by atoms with E-state index in [4.69, 9.17) is 11.6 Å². The van der Waals surface area contributed by atoms with E-state index in [0.717, 1.165) is 24.1 Å². The number of hydrogen-bond acceptors (Lipinski definition) is 4. The number of amides is 1. The summed E-state index contributed by atoms with van der Waals surface area (Å²) in [6.45, 7) is 3.00. The Morgan fingerprint density at radius 1 is 1.16 bits per heavy atom. The Hall–Kier alpha value is -3.19. The fourth-order valence-corrected chi connectivity index (χ4v) is 4.27. The molecule has 0 saturated carbocycles. The van der Waals surface area contributed by atoms with Crippen LogP contribution in [0.5, 0.6) is 0 Å². The van der Waals surface area contributed by atoms with Gasteiger partial charge in [-0.1, -0.05) is 23.7 Å². The first kappa shape index (κ1) is 22.0. The first-order valence-electron chi connectivity index (χ1n) is 10.5. The zero-order valence-corrected chi connectivity index (χ0v) is 18.7. The van der Waals surface area contributed by atoms with Crippen LogP contribution in [0.25, 0.3) is 0 Å². The third-order valence-corrected chi connectivity index (χ3v) is 6.21. The molecule has 1 aliphatic heterocycles. The van der Waals surface area contributed by atoms with Gasteiger partial charge in [-0.3, -0.25) is 14.6 Å². The van der Waals surface area contributed by atoms with Crippen LogP contribution in [0.1, 0.15) is 40.4 Å². The number of aromatic nitrogens is 2. The minimum absolute atomic E-state index is 0.0416. The number of rotatable bonds is 4. The molecule has 32 heavy (non-hydrogen) atoms. The number of halogens is 2. The lowest BCUT2D eigenvalue weighted by Gasteiger charge is -2.33. The zero-order chi connectivity index (χ0) is 22.8. The van der Waals surface area contributed by atoms with Gasteiger partial charge in [-0.2, -0.15) is 0 Å². The van der Waals surface area contributed by atoms with E-state index in [1.165, 1.54) is 22.9 Å². The highest BCUT2D eigenvalue weighted by atomic mass is 35.5. The van der Waals surface area contributed by atoms with E-state index in [1.807, 2.05) is 31.2 Å². The van der Waals surface area contributed by atoms with Crippen LogP contribution in [-0.4, -0.2) is 33.4 Å². The topological polar surface area (TPSA) is 67.2 Å². The van der Waals surface area contributed by atoms with Crippen molar-refractivity contribution in [3.05, 3.63) is 86.8 Å². The minimum Gasteiger partial charge on any atom is -0.352 e. The van der Waals surface area contributed by atoms with Crippen molar-refractivity contribution in [2.24, 2.45) is 7.05 Å². The van der Waals surface area contributed by atoms with Gasteiger partial charge in [0.05, 0.1) is 23.1 Å². The van der Waals surface area contributed by atoms with Crippen LogP contribution >= 0.6 is 11.6 Å². The number of aryl methyl sites for hydroxylation is 2. The van der Waals surface area contributed by atoms with Crippen molar-refractivity contribution in [2.45, 2.75) is 25.7 Å². The quantitative estimate of drug-likeness (QED) is 0.623. The maximum Gasteiger partial charge on any atom is 0.271 e. The molecule has 0 aliphatic carbocycles. The zero-order valence-electron chi connectivity index (χ0n) is 17.9. The molecule has 0 atom stereocenters. The highest BCUT2D eigenvalue weighted by Gasteiger charge is 2.28. The number of nitrogens with zero attached hydrogens (tertiary/aromatic N) is 3. The molecule has 8 heteroatoms. The molecule has 1 aromatic carbocycles. The molecule has 3 heterocycles. The first-order chi connectivity index (χ1) is 15.3. The van der Waals surface area contributed by atoms with Gasteiger partial charge in [-0.15, -0.1) is 0 Å². The van der Waals surface area contributed by atoms with Crippen LogP contribution in [0.15, 0.2) is 53.6 Å². The molecule has 6 nitrogen and oxygen atoms in total. The van der Waals surface area contributed by atoms with Crippen LogP contribution in [0.2, 0.25) is 5.02 Å². The van der Waals surface area contributed by atoms with E-state index in [0.29, 0.717) is 24.3 Å². The van der Waals surface area contributed by atoms with Crippen molar-refractivity contribution < 1.29 is 9.18 Å². The summed E-state index contributed by atoms with van der Waals surface area (Å²) in [6.07, 6.45) is 4.71. The number of hydrogen-bond donors (Lipinski definition) is 1. The van der Waals surface area contributed by atoms with Crippen molar-refractivity contribution in [2.75, 3.05) is 18.4 Å². The number of likely N-dealkylation sites (tertiary alicyclic amines) is 1. The van der Waals surface area contributed by atoms with Gasteiger partial charge in [-0.05, 0) is 55.5 Å². The molecule has 1 N–H and O–H groups in total. The molecule has 1 amide bonds. The fourth-order valence-electron chi connectivity index (χ4n) is 3.99. The van der Waals surface area contributed by atoms with E-state index in [-0.39, 0.29) is 33.9 Å². The second kappa shape index (κ2) is 9.12. The predicted molar refractivity (Wildman–Crippen MR) is 123 cm³/mol. The number of carbonyl (C=O) groups excluding carboxylic acids is 1. The smallest absolute Gasteiger partial charge is 0.271 e. The standard InChI is InChI=1S/C24H24ClFN4O2/c1-15-3-8-19(13-27-15)28-22-20(14-29(2)24(32)21(22)25)23(31)30-11-9-17(10-12-30)16-4-6-18(26)7-5-16/h3-8,13-14,17,28H,9-12H2,1-2H3. The van der Waals surface area contributed by atoms with E-state index in [2.05, 4.69) is 10.3 Å². The van der Waals surface area contributed by atoms with Crippen LogP contribution in [0.3, 0.4) is 0 Å². The van der Waals surface area contributed by atoms with Crippen LogP contribution in [-0.2, 0) is 7.05 Å². The number of carbonyl (C=O) groups is 1. The summed E-state index contributed by atoms with van der Waals surface area (Å²) in [4.78, 5) is 31.9. The SMILES string of the molecule is Cc1ccc(Nc2c(C(=O)N3CCC(c4ccc(F)cc4)CC3)cn(C)c(=O)c2Cl)cn1. The molecular formula is C24H24ClFN4O2. The summed E-state index contributed by atoms with van der Waals surface area (Å²) in [7, 11) is 1.57. The lowest BCUT2D eigenvalue weighted by atomic mass is 9.89. The van der Waals surface area contributed by atoms with E-state index < -0.39 is 0 Å². The lowest BCUT2D eigenvalue weighted by Crippen LogP contribution is -2.39. The average molecular weight is 455 g/mol. The molecule has 3 aromatic rings. The van der Waals surface area contributed by atoms with Crippen LogP contribution in [0, 0.1) is 12.7 Å². The number of benzene rings is 1. The average Bonchev–Trinajstić information content (AvgIpc) is 2.81. The molecule has 2 aromatic heterocycles. The predicted octanol–water partition coefficient (Wildman–Crippen LogP) is 4.64. The molecular weight excluding hydrogens is 431 g/mol. The van der Waals surface area contributed by atoms with Crippen LogP contribution < -0.4 is 10.9 Å². The van der Waals surface area contributed by atoms with Gasteiger partial charge in [0.15, 0.2) is 0 Å². The third-order valence-electron chi connectivity index (χ3n) is 5.85. The van der Waals surface area contributed by atoms with Gasteiger partial charge in [-0.25, -0.2) is 4.39 Å². The summed E-state index contributed by atoms with van der Waals surface area (Å²) >= 11 is 6.37. The molecule has 0 bridgehead atoms. The van der Waals surface area contributed by atoms with Crippen LogP contribution in [0.4, 0.5) is 15.8 Å². The Kier molecular flexibility index (Phi) is 6.28. The number of anilines is 2. The molecule has 1 saturated heterocycles. The van der Waals surface area contributed by atoms with Gasteiger partial charge in [0.1, 0.15) is 10.8 Å². The van der Waals surface area contributed by atoms with Gasteiger partial charge in [0, 0.05) is 32.0 Å². The second-order valence-electron chi connectivity index (χ2n) is 8.08. The minimum atomic E-state index is -0.388. The Bertz CT molecular complexity index is 1180. The fraction of sp³-hybridized carbons (Fsp3) is 0.292. The molecule has 166 valence electrons. The van der Waals surface area contributed by atoms with Gasteiger partial charge < -0.3 is 14.8 Å². The molecule has 1 aliphatic rings. The number of nitrogens with one attached hydrogen (secondary N) is 1. The Balaban J connectivity index is 1.57. The maximum atomic E-state index is 13.4. The molecule has 1 fully saturated rings. The number of piperidine rings is 1. The Morgan fingerprint density at radius 2 is 1.84 bits per heavy atom. The van der Waals surface area contributed by atoms with Crippen molar-refractivity contribution in [3.63, 3.8) is 0 Å². The summed E-state index contributed by atoms with van der Waals surface area (Å²) < 4.78 is 14.5.